The number of aryl methyl sites for hydroxylation is 2. The van der Waals surface area contributed by atoms with Crippen molar-refractivity contribution in [3.05, 3.63) is 65.2 Å². The average Bonchev–Trinajstić information content (AvgIpc) is 3.29. The van der Waals surface area contributed by atoms with Crippen molar-refractivity contribution in [3.63, 3.8) is 0 Å². The van der Waals surface area contributed by atoms with Crippen molar-refractivity contribution in [1.82, 2.24) is 15.5 Å². The zero-order valence-corrected chi connectivity index (χ0v) is 19.5. The summed E-state index contributed by atoms with van der Waals surface area (Å²) in [5.41, 5.74) is 4.12. The van der Waals surface area contributed by atoms with Crippen LogP contribution in [0.15, 0.2) is 48.5 Å². The summed E-state index contributed by atoms with van der Waals surface area (Å²) in [6.45, 7) is 5.46. The summed E-state index contributed by atoms with van der Waals surface area (Å²) < 4.78 is 6.22. The first kappa shape index (κ1) is 23.3. The summed E-state index contributed by atoms with van der Waals surface area (Å²) in [4.78, 5) is 26.3. The van der Waals surface area contributed by atoms with Crippen molar-refractivity contribution in [2.45, 2.75) is 39.2 Å². The van der Waals surface area contributed by atoms with Gasteiger partial charge in [-0.2, -0.15) is 0 Å². The molecular formula is C27H35N3O3. The number of nitrogens with zero attached hydrogens (tertiary/aromatic N) is 1. The van der Waals surface area contributed by atoms with Gasteiger partial charge in [0.15, 0.2) is 0 Å². The van der Waals surface area contributed by atoms with Crippen LogP contribution in [0, 0.1) is 11.8 Å². The lowest BCUT2D eigenvalue weighted by molar-refractivity contribution is -0.128. The van der Waals surface area contributed by atoms with Gasteiger partial charge in [-0.3, -0.25) is 14.5 Å². The Morgan fingerprint density at radius 3 is 2.61 bits per heavy atom. The SMILES string of the molecule is CC(=O)NCCNC(=O)[C@@H]1C[C@H](COc2ccc3c(c2)CCC3)CN(Cc2ccccc2)C1. The van der Waals surface area contributed by atoms with E-state index >= 15 is 0 Å². The number of carbonyl (C=O) groups excluding carboxylic acids is 2. The molecule has 176 valence electrons. The molecule has 2 amide bonds. The van der Waals surface area contributed by atoms with E-state index in [0.717, 1.165) is 38.2 Å². The number of amides is 2. The molecule has 1 heterocycles. The third-order valence-electron chi connectivity index (χ3n) is 6.59. The first-order valence-corrected chi connectivity index (χ1v) is 12.1. The van der Waals surface area contributed by atoms with E-state index in [9.17, 15) is 9.59 Å². The van der Waals surface area contributed by atoms with Gasteiger partial charge < -0.3 is 15.4 Å². The summed E-state index contributed by atoms with van der Waals surface area (Å²) in [6.07, 6.45) is 4.35. The smallest absolute Gasteiger partial charge is 0.224 e. The van der Waals surface area contributed by atoms with Crippen LogP contribution in [-0.2, 0) is 29.0 Å². The van der Waals surface area contributed by atoms with E-state index in [2.05, 4.69) is 58.0 Å². The highest BCUT2D eigenvalue weighted by Gasteiger charge is 2.32. The van der Waals surface area contributed by atoms with Gasteiger partial charge in [0.1, 0.15) is 5.75 Å². The average molecular weight is 450 g/mol. The number of nitrogens with one attached hydrogen (secondary N) is 2. The standard InChI is InChI=1S/C27H35N3O3/c1-20(31)28-12-13-29-27(32)25-14-22(17-30(18-25)16-21-6-3-2-4-7-21)19-33-26-11-10-23-8-5-9-24(23)15-26/h2-4,6-7,10-11,15,22,25H,5,8-9,12-14,16-19H2,1H3,(H,28,31)(H,29,32)/t22-,25+/m0/s1. The number of likely N-dealkylation sites (tertiary alicyclic amines) is 1. The van der Waals surface area contributed by atoms with Gasteiger partial charge in [0.2, 0.25) is 11.8 Å². The van der Waals surface area contributed by atoms with Crippen molar-refractivity contribution in [3.8, 4) is 5.75 Å². The number of carbonyl (C=O) groups is 2. The number of piperidine rings is 1. The number of ether oxygens (including phenoxy) is 1. The van der Waals surface area contributed by atoms with Crippen molar-refractivity contribution >= 4 is 11.8 Å². The lowest BCUT2D eigenvalue weighted by Gasteiger charge is -2.37. The van der Waals surface area contributed by atoms with Crippen molar-refractivity contribution < 1.29 is 14.3 Å². The maximum Gasteiger partial charge on any atom is 0.224 e. The van der Waals surface area contributed by atoms with Crippen molar-refractivity contribution in [2.75, 3.05) is 32.8 Å². The van der Waals surface area contributed by atoms with E-state index in [1.807, 2.05) is 6.07 Å². The van der Waals surface area contributed by atoms with E-state index in [1.54, 1.807) is 0 Å². The van der Waals surface area contributed by atoms with Crippen molar-refractivity contribution in [1.29, 1.82) is 0 Å². The Hall–Kier alpha value is -2.86. The van der Waals surface area contributed by atoms with E-state index in [-0.39, 0.29) is 23.7 Å². The second kappa shape index (κ2) is 11.3. The third-order valence-corrected chi connectivity index (χ3v) is 6.59. The molecule has 33 heavy (non-hydrogen) atoms. The predicted molar refractivity (Wildman–Crippen MR) is 129 cm³/mol. The summed E-state index contributed by atoms with van der Waals surface area (Å²) >= 11 is 0. The summed E-state index contributed by atoms with van der Waals surface area (Å²) in [6, 6.07) is 16.9. The molecule has 6 heteroatoms. The number of fused-ring (bicyclic) bond motifs is 1. The highest BCUT2D eigenvalue weighted by atomic mass is 16.5. The van der Waals surface area contributed by atoms with Crippen LogP contribution >= 0.6 is 0 Å². The molecule has 2 N–H and O–H groups in total. The van der Waals surface area contributed by atoms with Crippen LogP contribution in [0.25, 0.3) is 0 Å². The van der Waals surface area contributed by atoms with E-state index < -0.39 is 0 Å². The molecule has 2 aromatic carbocycles. The largest absolute Gasteiger partial charge is 0.493 e. The van der Waals surface area contributed by atoms with Crippen LogP contribution in [0.4, 0.5) is 0 Å². The molecule has 1 fully saturated rings. The Morgan fingerprint density at radius 2 is 1.79 bits per heavy atom. The molecule has 0 aromatic heterocycles. The zero-order chi connectivity index (χ0) is 23.0. The zero-order valence-electron chi connectivity index (χ0n) is 19.5. The topological polar surface area (TPSA) is 70.7 Å². The van der Waals surface area contributed by atoms with Gasteiger partial charge in [-0.05, 0) is 54.5 Å². The number of rotatable bonds is 9. The maximum absolute atomic E-state index is 12.9. The molecule has 0 spiro atoms. The number of hydrogen-bond acceptors (Lipinski definition) is 4. The van der Waals surface area contributed by atoms with Gasteiger partial charge in [0, 0.05) is 45.6 Å². The maximum atomic E-state index is 12.9. The van der Waals surface area contributed by atoms with Gasteiger partial charge in [0.05, 0.1) is 12.5 Å². The van der Waals surface area contributed by atoms with Gasteiger partial charge in [-0.25, -0.2) is 0 Å². The summed E-state index contributed by atoms with van der Waals surface area (Å²) in [7, 11) is 0. The number of hydrogen-bond donors (Lipinski definition) is 2. The molecule has 2 atom stereocenters. The Morgan fingerprint density at radius 1 is 1.00 bits per heavy atom. The highest BCUT2D eigenvalue weighted by Crippen LogP contribution is 2.28. The van der Waals surface area contributed by atoms with Crippen molar-refractivity contribution in [2.24, 2.45) is 11.8 Å². The van der Waals surface area contributed by atoms with Crippen LogP contribution < -0.4 is 15.4 Å². The van der Waals surface area contributed by atoms with Gasteiger partial charge in [-0.1, -0.05) is 36.4 Å². The first-order valence-electron chi connectivity index (χ1n) is 12.1. The molecule has 2 aliphatic rings. The Bertz CT molecular complexity index is 947. The van der Waals surface area contributed by atoms with Gasteiger partial charge in [-0.15, -0.1) is 0 Å². The normalized spacial score (nSPS) is 20.2. The lowest BCUT2D eigenvalue weighted by atomic mass is 9.88. The minimum atomic E-state index is -0.0894. The molecule has 0 radical (unpaired) electrons. The van der Waals surface area contributed by atoms with Crippen LogP contribution in [0.3, 0.4) is 0 Å². The van der Waals surface area contributed by atoms with Gasteiger partial charge in [0.25, 0.3) is 0 Å². The highest BCUT2D eigenvalue weighted by molar-refractivity contribution is 5.79. The Labute approximate surface area is 196 Å². The molecule has 4 rings (SSSR count). The fourth-order valence-electron chi connectivity index (χ4n) is 5.00. The molecule has 0 saturated carbocycles. The molecule has 1 aliphatic heterocycles. The van der Waals surface area contributed by atoms with E-state index in [1.165, 1.54) is 36.5 Å². The Balaban J connectivity index is 1.36. The second-order valence-electron chi connectivity index (χ2n) is 9.35. The first-order chi connectivity index (χ1) is 16.1. The summed E-state index contributed by atoms with van der Waals surface area (Å²) in [5.74, 6) is 1.10. The quantitative estimate of drug-likeness (QED) is 0.578. The molecule has 6 nitrogen and oxygen atoms in total. The second-order valence-corrected chi connectivity index (χ2v) is 9.35. The minimum absolute atomic E-state index is 0.0562. The van der Waals surface area contributed by atoms with Crippen LogP contribution in [-0.4, -0.2) is 49.5 Å². The fourth-order valence-corrected chi connectivity index (χ4v) is 5.00. The van der Waals surface area contributed by atoms with Crippen LogP contribution in [0.2, 0.25) is 0 Å². The van der Waals surface area contributed by atoms with Gasteiger partial charge >= 0.3 is 0 Å². The monoisotopic (exact) mass is 449 g/mol. The van der Waals surface area contributed by atoms with Crippen LogP contribution in [0.1, 0.15) is 36.5 Å². The molecule has 2 aromatic rings. The molecule has 1 aliphatic carbocycles. The Kier molecular flexibility index (Phi) is 8.00. The predicted octanol–water partition coefficient (Wildman–Crippen LogP) is 2.94. The van der Waals surface area contributed by atoms with Crippen LogP contribution in [0.5, 0.6) is 5.75 Å². The lowest BCUT2D eigenvalue weighted by Crippen LogP contribution is -2.48. The fraction of sp³-hybridized carbons (Fsp3) is 0.481. The number of benzene rings is 2. The third kappa shape index (κ3) is 6.81. The minimum Gasteiger partial charge on any atom is -0.493 e. The van der Waals surface area contributed by atoms with E-state index in [0.29, 0.717) is 19.7 Å². The molecular weight excluding hydrogens is 414 g/mol. The molecule has 1 saturated heterocycles. The summed E-state index contributed by atoms with van der Waals surface area (Å²) in [5, 5.41) is 5.72. The molecule has 0 bridgehead atoms. The van der Waals surface area contributed by atoms with E-state index in [4.69, 9.17) is 4.74 Å². The molecule has 0 unspecified atom stereocenters.